The number of nitrogens with one attached hydrogen (secondary N) is 2. The number of aromatic nitrogens is 2. The standard InChI is InChI=1S/C12H13Cl2N3/c1-2-12-16-7-9(17-12)6-15-11-4-3-8(13)5-10(11)14/h3-5,7,15H,2,6H2,1H3,(H,16,17). The average molecular weight is 270 g/mol. The molecule has 0 amide bonds. The second-order valence-electron chi connectivity index (χ2n) is 3.69. The number of benzene rings is 1. The van der Waals surface area contributed by atoms with Gasteiger partial charge in [0.05, 0.1) is 29.1 Å². The van der Waals surface area contributed by atoms with Gasteiger partial charge < -0.3 is 10.3 Å². The SMILES string of the molecule is CCc1ncc(CNc2ccc(Cl)cc2Cl)[nH]1. The second kappa shape index (κ2) is 5.43. The van der Waals surface area contributed by atoms with Crippen LogP contribution in [0.25, 0.3) is 0 Å². The summed E-state index contributed by atoms with van der Waals surface area (Å²) in [6, 6.07) is 5.39. The maximum atomic E-state index is 6.06. The minimum atomic E-state index is 0.618. The van der Waals surface area contributed by atoms with Gasteiger partial charge in [-0.15, -0.1) is 0 Å². The fraction of sp³-hybridized carbons (Fsp3) is 0.250. The molecule has 1 aromatic heterocycles. The van der Waals surface area contributed by atoms with Gasteiger partial charge >= 0.3 is 0 Å². The molecule has 0 unspecified atom stereocenters. The molecule has 1 heterocycles. The molecule has 90 valence electrons. The van der Waals surface area contributed by atoms with E-state index < -0.39 is 0 Å². The Morgan fingerprint density at radius 1 is 1.35 bits per heavy atom. The van der Waals surface area contributed by atoms with Crippen LogP contribution >= 0.6 is 23.2 Å². The van der Waals surface area contributed by atoms with Crippen molar-refractivity contribution < 1.29 is 0 Å². The fourth-order valence-electron chi connectivity index (χ4n) is 1.50. The summed E-state index contributed by atoms with van der Waals surface area (Å²) in [4.78, 5) is 7.46. The third-order valence-electron chi connectivity index (χ3n) is 2.42. The van der Waals surface area contributed by atoms with Gasteiger partial charge in [-0.2, -0.15) is 0 Å². The first-order chi connectivity index (χ1) is 8.19. The first-order valence-electron chi connectivity index (χ1n) is 5.40. The lowest BCUT2D eigenvalue weighted by atomic mass is 10.3. The molecule has 1 aromatic carbocycles. The maximum absolute atomic E-state index is 6.06. The minimum absolute atomic E-state index is 0.618. The summed E-state index contributed by atoms with van der Waals surface area (Å²) >= 11 is 11.9. The molecule has 2 N–H and O–H groups in total. The van der Waals surface area contributed by atoms with Crippen molar-refractivity contribution in [3.63, 3.8) is 0 Å². The van der Waals surface area contributed by atoms with Crippen LogP contribution in [0.4, 0.5) is 5.69 Å². The average Bonchev–Trinajstić information content (AvgIpc) is 2.76. The number of H-pyrrole nitrogens is 1. The molecule has 0 saturated carbocycles. The molecular formula is C12H13Cl2N3. The van der Waals surface area contributed by atoms with Crippen molar-refractivity contribution in [3.8, 4) is 0 Å². The number of rotatable bonds is 4. The summed E-state index contributed by atoms with van der Waals surface area (Å²) in [6.45, 7) is 2.72. The van der Waals surface area contributed by atoms with Crippen LogP contribution < -0.4 is 5.32 Å². The fourth-order valence-corrected chi connectivity index (χ4v) is 1.97. The highest BCUT2D eigenvalue weighted by atomic mass is 35.5. The highest BCUT2D eigenvalue weighted by Gasteiger charge is 2.02. The molecule has 0 atom stereocenters. The molecule has 0 fully saturated rings. The zero-order valence-electron chi connectivity index (χ0n) is 9.43. The molecule has 2 rings (SSSR count). The van der Waals surface area contributed by atoms with E-state index >= 15 is 0 Å². The molecule has 0 aliphatic heterocycles. The van der Waals surface area contributed by atoms with Gasteiger partial charge in [0.25, 0.3) is 0 Å². The zero-order valence-corrected chi connectivity index (χ0v) is 10.9. The summed E-state index contributed by atoms with van der Waals surface area (Å²) in [6.07, 6.45) is 2.73. The lowest BCUT2D eigenvalue weighted by Gasteiger charge is -2.07. The molecule has 0 spiro atoms. The second-order valence-corrected chi connectivity index (χ2v) is 4.53. The van der Waals surface area contributed by atoms with Crippen LogP contribution in [0.5, 0.6) is 0 Å². The normalized spacial score (nSPS) is 10.5. The summed E-state index contributed by atoms with van der Waals surface area (Å²) in [5, 5.41) is 4.48. The Balaban J connectivity index is 2.02. The Morgan fingerprint density at radius 2 is 2.18 bits per heavy atom. The summed E-state index contributed by atoms with van der Waals surface area (Å²) in [5.74, 6) is 0.990. The number of aromatic amines is 1. The van der Waals surface area contributed by atoms with E-state index in [4.69, 9.17) is 23.2 Å². The van der Waals surface area contributed by atoms with Gasteiger partial charge in [-0.1, -0.05) is 30.1 Å². The predicted molar refractivity (Wildman–Crippen MR) is 71.8 cm³/mol. The van der Waals surface area contributed by atoms with Crippen LogP contribution in [0.15, 0.2) is 24.4 Å². The van der Waals surface area contributed by atoms with E-state index in [1.54, 1.807) is 12.1 Å². The lowest BCUT2D eigenvalue weighted by molar-refractivity contribution is 0.965. The van der Waals surface area contributed by atoms with E-state index in [9.17, 15) is 0 Å². The number of hydrogen-bond acceptors (Lipinski definition) is 2. The van der Waals surface area contributed by atoms with E-state index in [0.29, 0.717) is 16.6 Å². The van der Waals surface area contributed by atoms with Crippen LogP contribution in [0.2, 0.25) is 10.0 Å². The number of nitrogens with zero attached hydrogens (tertiary/aromatic N) is 1. The number of aryl methyl sites for hydroxylation is 1. The Labute approximate surface area is 110 Å². The zero-order chi connectivity index (χ0) is 12.3. The molecular weight excluding hydrogens is 257 g/mol. The van der Waals surface area contributed by atoms with Crippen LogP contribution in [0, 0.1) is 0 Å². The third kappa shape index (κ3) is 3.14. The summed E-state index contributed by atoms with van der Waals surface area (Å²) < 4.78 is 0. The van der Waals surface area contributed by atoms with Gasteiger partial charge in [0.15, 0.2) is 0 Å². The molecule has 0 bridgehead atoms. The molecule has 5 heteroatoms. The van der Waals surface area contributed by atoms with E-state index in [1.807, 2.05) is 12.3 Å². The predicted octanol–water partition coefficient (Wildman–Crippen LogP) is 3.89. The number of halogens is 2. The highest BCUT2D eigenvalue weighted by Crippen LogP contribution is 2.25. The smallest absolute Gasteiger partial charge is 0.105 e. The van der Waals surface area contributed by atoms with E-state index in [-0.39, 0.29) is 0 Å². The van der Waals surface area contributed by atoms with Crippen LogP contribution in [-0.4, -0.2) is 9.97 Å². The molecule has 0 radical (unpaired) electrons. The van der Waals surface area contributed by atoms with Crippen molar-refractivity contribution in [1.29, 1.82) is 0 Å². The first-order valence-corrected chi connectivity index (χ1v) is 6.16. The van der Waals surface area contributed by atoms with Crippen molar-refractivity contribution in [1.82, 2.24) is 9.97 Å². The van der Waals surface area contributed by atoms with Crippen molar-refractivity contribution in [2.75, 3.05) is 5.32 Å². The van der Waals surface area contributed by atoms with Gasteiger partial charge in [0.1, 0.15) is 5.82 Å². The monoisotopic (exact) mass is 269 g/mol. The maximum Gasteiger partial charge on any atom is 0.105 e. The number of imidazole rings is 1. The highest BCUT2D eigenvalue weighted by molar-refractivity contribution is 6.36. The molecule has 0 aliphatic rings. The van der Waals surface area contributed by atoms with Crippen molar-refractivity contribution >= 4 is 28.9 Å². The van der Waals surface area contributed by atoms with Crippen molar-refractivity contribution in [3.05, 3.63) is 46.0 Å². The number of hydrogen-bond donors (Lipinski definition) is 2. The van der Waals surface area contributed by atoms with Gasteiger partial charge in [0.2, 0.25) is 0 Å². The van der Waals surface area contributed by atoms with Gasteiger partial charge in [0, 0.05) is 11.4 Å². The van der Waals surface area contributed by atoms with Crippen molar-refractivity contribution in [2.24, 2.45) is 0 Å². The van der Waals surface area contributed by atoms with Crippen LogP contribution in [0.1, 0.15) is 18.4 Å². The summed E-state index contributed by atoms with van der Waals surface area (Å²) in [5.41, 5.74) is 1.90. The molecule has 3 nitrogen and oxygen atoms in total. The Bertz CT molecular complexity index is 508. The van der Waals surface area contributed by atoms with E-state index in [2.05, 4.69) is 22.2 Å². The Hall–Kier alpha value is -1.19. The van der Waals surface area contributed by atoms with Gasteiger partial charge in [-0.05, 0) is 18.2 Å². The Morgan fingerprint density at radius 3 is 2.82 bits per heavy atom. The summed E-state index contributed by atoms with van der Waals surface area (Å²) in [7, 11) is 0. The Kier molecular flexibility index (Phi) is 3.92. The molecule has 17 heavy (non-hydrogen) atoms. The molecule has 2 aromatic rings. The third-order valence-corrected chi connectivity index (χ3v) is 2.96. The van der Waals surface area contributed by atoms with Crippen LogP contribution in [-0.2, 0) is 13.0 Å². The first kappa shape index (κ1) is 12.3. The lowest BCUT2D eigenvalue weighted by Crippen LogP contribution is -2.00. The topological polar surface area (TPSA) is 40.7 Å². The minimum Gasteiger partial charge on any atom is -0.378 e. The van der Waals surface area contributed by atoms with Crippen LogP contribution in [0.3, 0.4) is 0 Å². The van der Waals surface area contributed by atoms with Gasteiger partial charge in [-0.25, -0.2) is 4.98 Å². The largest absolute Gasteiger partial charge is 0.378 e. The molecule has 0 aliphatic carbocycles. The van der Waals surface area contributed by atoms with E-state index in [0.717, 1.165) is 23.6 Å². The quantitative estimate of drug-likeness (QED) is 0.884. The van der Waals surface area contributed by atoms with Crippen molar-refractivity contribution in [2.45, 2.75) is 19.9 Å². The number of anilines is 1. The van der Waals surface area contributed by atoms with E-state index in [1.165, 1.54) is 0 Å². The molecule has 0 saturated heterocycles. The van der Waals surface area contributed by atoms with Gasteiger partial charge in [-0.3, -0.25) is 0 Å².